The highest BCUT2D eigenvalue weighted by Gasteiger charge is 2.59. The predicted octanol–water partition coefficient (Wildman–Crippen LogP) is -2.69. The SMILES string of the molecule is C[C@@H](O)[C@H]1C(=O)N2C(C(=O)[O-])=C(CN3c4ccccc4-c4c(CC[N+]56CC[N+](CCCO)(CC5)CC6)cccc4S3(=O)=O)[C@H](C)[C@H]12.[Cl-]. The number of aliphatic hydroxyl groups is 2. The molecule has 2 N–H and O–H groups in total. The number of carboxylic acid groups (broad SMARTS) is 1. The monoisotopic (exact) mass is 686 g/mol. The molecular formula is C34H43ClN4O7S. The van der Waals surface area contributed by atoms with E-state index in [0.717, 1.165) is 85.3 Å². The molecule has 0 unspecified atom stereocenters. The van der Waals surface area contributed by atoms with Crippen molar-refractivity contribution < 1.29 is 54.7 Å². The predicted molar refractivity (Wildman–Crippen MR) is 168 cm³/mol. The molecule has 4 fully saturated rings. The van der Waals surface area contributed by atoms with E-state index in [-0.39, 0.29) is 36.2 Å². The van der Waals surface area contributed by atoms with E-state index in [2.05, 4.69) is 0 Å². The maximum absolute atomic E-state index is 14.5. The minimum absolute atomic E-state index is 0. The van der Waals surface area contributed by atoms with Crippen LogP contribution in [0.1, 0.15) is 25.8 Å². The summed E-state index contributed by atoms with van der Waals surface area (Å²) in [6.07, 6.45) is 0.613. The molecule has 2 aromatic carbocycles. The Hall–Kier alpha value is -3.00. The van der Waals surface area contributed by atoms with Gasteiger partial charge in [-0.05, 0) is 30.2 Å². The fraction of sp³-hybridized carbons (Fsp3) is 0.529. The lowest BCUT2D eigenvalue weighted by Gasteiger charge is -2.55. The molecule has 13 heteroatoms. The van der Waals surface area contributed by atoms with Gasteiger partial charge in [-0.3, -0.25) is 9.10 Å². The number of β-lactam (4-membered cyclic amide) rings is 1. The topological polar surface area (TPSA) is 138 Å². The maximum Gasteiger partial charge on any atom is 0.265 e. The van der Waals surface area contributed by atoms with Crippen molar-refractivity contribution in [1.29, 1.82) is 0 Å². The van der Waals surface area contributed by atoms with Crippen LogP contribution in [0.4, 0.5) is 5.69 Å². The molecule has 0 aliphatic carbocycles. The number of fused-ring (bicyclic) bond motifs is 7. The quantitative estimate of drug-likeness (QED) is 0.205. The number of rotatable bonds is 10. The average molecular weight is 687 g/mol. The molecule has 6 aliphatic rings. The summed E-state index contributed by atoms with van der Waals surface area (Å²) in [5, 5.41) is 32.0. The number of carbonyl (C=O) groups excluding carboxylic acids is 2. The van der Waals surface area contributed by atoms with Gasteiger partial charge in [-0.2, -0.15) is 0 Å². The van der Waals surface area contributed by atoms with Gasteiger partial charge in [0, 0.05) is 36.5 Å². The Kier molecular flexibility index (Phi) is 8.76. The third-order valence-electron chi connectivity index (χ3n) is 11.7. The fourth-order valence-corrected chi connectivity index (χ4v) is 10.7. The molecule has 2 aromatic rings. The molecule has 254 valence electrons. The number of benzene rings is 2. The number of para-hydroxylation sites is 1. The highest BCUT2D eigenvalue weighted by atomic mass is 35.5. The molecular weight excluding hydrogens is 644 g/mol. The first-order valence-corrected chi connectivity index (χ1v) is 17.9. The fourth-order valence-electron chi connectivity index (χ4n) is 9.00. The van der Waals surface area contributed by atoms with Crippen molar-refractivity contribution in [3.8, 4) is 11.1 Å². The molecule has 4 atom stereocenters. The summed E-state index contributed by atoms with van der Waals surface area (Å²) < 4.78 is 32.3. The first-order valence-electron chi connectivity index (χ1n) is 16.4. The van der Waals surface area contributed by atoms with E-state index < -0.39 is 45.9 Å². The van der Waals surface area contributed by atoms with Crippen LogP contribution >= 0.6 is 0 Å². The average Bonchev–Trinajstić information content (AvgIpc) is 3.29. The third kappa shape index (κ3) is 5.19. The van der Waals surface area contributed by atoms with Gasteiger partial charge in [0.15, 0.2) is 0 Å². The molecule has 47 heavy (non-hydrogen) atoms. The lowest BCUT2D eigenvalue weighted by molar-refractivity contribution is -1.08. The minimum Gasteiger partial charge on any atom is -1.00 e. The van der Waals surface area contributed by atoms with Gasteiger partial charge < -0.3 is 46.4 Å². The highest BCUT2D eigenvalue weighted by Crippen LogP contribution is 2.50. The van der Waals surface area contributed by atoms with Gasteiger partial charge in [0.25, 0.3) is 10.0 Å². The van der Waals surface area contributed by atoms with Gasteiger partial charge >= 0.3 is 0 Å². The first kappa shape index (κ1) is 33.9. The lowest BCUT2D eigenvalue weighted by Crippen LogP contribution is -3.00. The van der Waals surface area contributed by atoms with Gasteiger partial charge in [-0.25, -0.2) is 8.42 Å². The second-order valence-electron chi connectivity index (χ2n) is 14.0. The van der Waals surface area contributed by atoms with Gasteiger partial charge in [-0.15, -0.1) is 0 Å². The van der Waals surface area contributed by atoms with Crippen LogP contribution < -0.4 is 21.8 Å². The highest BCUT2D eigenvalue weighted by molar-refractivity contribution is 7.93. The molecule has 6 aliphatic heterocycles. The summed E-state index contributed by atoms with van der Waals surface area (Å²) in [4.78, 5) is 26.6. The van der Waals surface area contributed by atoms with Gasteiger partial charge in [0.1, 0.15) is 39.3 Å². The van der Waals surface area contributed by atoms with Gasteiger partial charge in [0.2, 0.25) is 5.91 Å². The van der Waals surface area contributed by atoms with Crippen molar-refractivity contribution >= 4 is 27.6 Å². The molecule has 8 rings (SSSR count). The molecule has 0 saturated carbocycles. The van der Waals surface area contributed by atoms with Crippen LogP contribution in [-0.2, 0) is 26.0 Å². The van der Waals surface area contributed by atoms with Crippen LogP contribution in [0, 0.1) is 11.8 Å². The van der Waals surface area contributed by atoms with Crippen molar-refractivity contribution in [3.63, 3.8) is 0 Å². The van der Waals surface area contributed by atoms with E-state index in [9.17, 15) is 33.3 Å². The number of hydrogen-bond acceptors (Lipinski definition) is 7. The Morgan fingerprint density at radius 1 is 1.02 bits per heavy atom. The van der Waals surface area contributed by atoms with Crippen molar-refractivity contribution in [1.82, 2.24) is 4.90 Å². The normalized spacial score (nSPS) is 30.6. The number of amides is 1. The summed E-state index contributed by atoms with van der Waals surface area (Å²) in [5.74, 6) is -3.25. The van der Waals surface area contributed by atoms with Crippen LogP contribution in [0.2, 0.25) is 0 Å². The van der Waals surface area contributed by atoms with E-state index in [1.165, 1.54) is 16.1 Å². The largest absolute Gasteiger partial charge is 1.00 e. The Labute approximate surface area is 282 Å². The molecule has 1 amide bonds. The number of piperazine rings is 3. The Bertz CT molecular complexity index is 1720. The number of nitrogens with zero attached hydrogens (tertiary/aromatic N) is 4. The van der Waals surface area contributed by atoms with Crippen LogP contribution in [0.15, 0.2) is 58.6 Å². The summed E-state index contributed by atoms with van der Waals surface area (Å²) in [5.41, 5.74) is 2.96. The van der Waals surface area contributed by atoms with Crippen LogP contribution in [0.3, 0.4) is 0 Å². The standard InChI is InChI=1S/C34H43N4O7S.ClH/c1-22-26(32(34(42)43)36-31(22)29(23(2)40)33(36)41)21-35-27-9-4-3-8-25(27)30-24(7-5-10-28(30)46(35,44)45)11-13-38-17-14-37(15-18-38,16-19-38)12-6-20-39;/h3-5,7-10,22-23,29,31,39-40H,6,11-21H2,1-2H3;1H/q+1;/p-1/t22-,23+,29+,31+,37?,38?;/m0./s1. The molecule has 0 aromatic heterocycles. The number of anilines is 1. The van der Waals surface area contributed by atoms with Crippen molar-refractivity contribution in [2.45, 2.75) is 43.7 Å². The molecule has 6 heterocycles. The molecule has 0 spiro atoms. The maximum atomic E-state index is 14.5. The summed E-state index contributed by atoms with van der Waals surface area (Å²) >= 11 is 0. The molecule has 11 nitrogen and oxygen atoms in total. The van der Waals surface area contributed by atoms with Crippen molar-refractivity contribution in [2.24, 2.45) is 11.8 Å². The zero-order chi connectivity index (χ0) is 32.6. The first-order chi connectivity index (χ1) is 21.9. The smallest absolute Gasteiger partial charge is 0.265 e. The zero-order valence-corrected chi connectivity index (χ0v) is 28.4. The Balaban J connectivity index is 0.00000386. The Morgan fingerprint density at radius 2 is 1.66 bits per heavy atom. The lowest BCUT2D eigenvalue weighted by atomic mass is 9.77. The van der Waals surface area contributed by atoms with Crippen LogP contribution in [0.25, 0.3) is 11.1 Å². The van der Waals surface area contributed by atoms with E-state index in [4.69, 9.17) is 0 Å². The third-order valence-corrected chi connectivity index (χ3v) is 13.5. The summed E-state index contributed by atoms with van der Waals surface area (Å²) in [6, 6.07) is 12.2. The number of carboxylic acids is 1. The van der Waals surface area contributed by atoms with E-state index in [1.807, 2.05) is 18.2 Å². The summed E-state index contributed by atoms with van der Waals surface area (Å²) in [6.45, 7) is 11.9. The van der Waals surface area contributed by atoms with Gasteiger partial charge in [-0.1, -0.05) is 37.3 Å². The second-order valence-corrected chi connectivity index (χ2v) is 15.9. The van der Waals surface area contributed by atoms with E-state index in [1.54, 1.807) is 31.2 Å². The number of quaternary nitrogens is 2. The molecule has 4 saturated heterocycles. The molecule has 2 bridgehead atoms. The molecule has 0 radical (unpaired) electrons. The number of halogens is 1. The van der Waals surface area contributed by atoms with Crippen molar-refractivity contribution in [3.05, 3.63) is 59.3 Å². The van der Waals surface area contributed by atoms with Crippen LogP contribution in [-0.4, -0.2) is 122 Å². The zero-order valence-electron chi connectivity index (χ0n) is 26.8. The van der Waals surface area contributed by atoms with Gasteiger partial charge in [0.05, 0.1) is 59.9 Å². The number of hydrogen-bond donors (Lipinski definition) is 2. The Morgan fingerprint density at radius 3 is 2.28 bits per heavy atom. The number of carbonyl (C=O) groups is 2. The number of aliphatic hydroxyl groups excluding tert-OH is 2. The summed E-state index contributed by atoms with van der Waals surface area (Å²) in [7, 11) is -4.10. The minimum atomic E-state index is -4.10. The second kappa shape index (κ2) is 12.2. The van der Waals surface area contributed by atoms with E-state index >= 15 is 0 Å². The number of aliphatic carboxylic acids is 1. The number of sulfonamides is 1. The van der Waals surface area contributed by atoms with E-state index in [0.29, 0.717) is 16.8 Å². The van der Waals surface area contributed by atoms with Crippen molar-refractivity contribution in [2.75, 3.05) is 69.8 Å². The van der Waals surface area contributed by atoms with Crippen LogP contribution in [0.5, 0.6) is 0 Å².